The minimum absolute atomic E-state index is 0. The molecule has 0 saturated heterocycles. The summed E-state index contributed by atoms with van der Waals surface area (Å²) in [5.41, 5.74) is 3.02. The smallest absolute Gasteiger partial charge is 0 e. The van der Waals surface area contributed by atoms with Crippen LogP contribution in [-0.4, -0.2) is 0 Å². The number of hydrogen-bond acceptors (Lipinski definition) is 0. The number of rotatable bonds is 2. The molecule has 15 heavy (non-hydrogen) atoms. The van der Waals surface area contributed by atoms with E-state index in [9.17, 15) is 0 Å². The van der Waals surface area contributed by atoms with Gasteiger partial charge < -0.3 is 30.3 Å². The molecule has 0 nitrogen and oxygen atoms in total. The summed E-state index contributed by atoms with van der Waals surface area (Å²) in [7, 11) is 0. The Labute approximate surface area is 106 Å². The van der Waals surface area contributed by atoms with Crippen molar-refractivity contribution >= 4 is 0 Å². The molecule has 0 fully saturated rings. The molecule has 0 amide bonds. The molecule has 2 aromatic carbocycles. The zero-order chi connectivity index (χ0) is 10.2. The molecular weight excluding hydrogens is 269 g/mol. The molecule has 0 N–H and O–H groups in total. The third-order valence-electron chi connectivity index (χ3n) is 2.32. The zero-order valence-corrected chi connectivity index (χ0v) is 11.1. The van der Waals surface area contributed by atoms with E-state index in [1.54, 1.807) is 0 Å². The fraction of sp³-hybridized carbons (Fsp3) is 0.286. The van der Waals surface area contributed by atoms with Crippen LogP contribution in [0.25, 0.3) is 0 Å². The topological polar surface area (TPSA) is 0 Å². The number of aryl methyl sites for hydroxylation is 2. The van der Waals surface area contributed by atoms with Crippen molar-refractivity contribution in [1.82, 2.24) is 0 Å². The molecule has 0 unspecified atom stereocenters. The van der Waals surface area contributed by atoms with Gasteiger partial charge in [0.25, 0.3) is 0 Å². The van der Waals surface area contributed by atoms with Gasteiger partial charge in [-0.3, -0.25) is 0 Å². The van der Waals surface area contributed by atoms with Crippen LogP contribution in [0.1, 0.15) is 25.0 Å². The van der Waals surface area contributed by atoms with Crippen molar-refractivity contribution < 1.29 is 19.5 Å². The second kappa shape index (κ2) is 8.62. The minimum atomic E-state index is 0. The predicted molar refractivity (Wildman–Crippen MR) is 62.8 cm³/mol. The molecule has 0 radical (unpaired) electrons. The quantitative estimate of drug-likeness (QED) is 0.580. The van der Waals surface area contributed by atoms with Gasteiger partial charge in [0.15, 0.2) is 0 Å². The normalized spacial score (nSPS) is 8.67. The van der Waals surface area contributed by atoms with Crippen LogP contribution in [0.5, 0.6) is 0 Å². The van der Waals surface area contributed by atoms with Crippen LogP contribution < -0.4 is 0 Å². The minimum Gasteiger partial charge on any atom is -0.748 e. The van der Waals surface area contributed by atoms with E-state index in [1.165, 1.54) is 24.0 Å². The van der Waals surface area contributed by atoms with E-state index in [-0.39, 0.29) is 19.5 Å². The molecule has 0 aliphatic rings. The van der Waals surface area contributed by atoms with Gasteiger partial charge >= 0.3 is 0 Å². The summed E-state index contributed by atoms with van der Waals surface area (Å²) in [6, 6.07) is 16.6. The summed E-state index contributed by atoms with van der Waals surface area (Å²) in [5.74, 6) is 0. The Balaban J connectivity index is 0.000000280. The van der Waals surface area contributed by atoms with Crippen LogP contribution >= 0.6 is 0 Å². The van der Waals surface area contributed by atoms with E-state index in [0.717, 1.165) is 0 Å². The maximum Gasteiger partial charge on any atom is 0 e. The summed E-state index contributed by atoms with van der Waals surface area (Å²) in [5, 5.41) is 0. The molecule has 0 atom stereocenters. The molecule has 0 saturated carbocycles. The van der Waals surface area contributed by atoms with Crippen molar-refractivity contribution in [3.8, 4) is 0 Å². The van der Waals surface area contributed by atoms with E-state index < -0.39 is 0 Å². The van der Waals surface area contributed by atoms with Crippen LogP contribution in [0.3, 0.4) is 0 Å². The van der Waals surface area contributed by atoms with Gasteiger partial charge in [-0.1, -0.05) is 26.7 Å². The predicted octanol–water partition coefficient (Wildman–Crippen LogP) is 3.93. The molecule has 0 bridgehead atoms. The van der Waals surface area contributed by atoms with Crippen molar-refractivity contribution in [3.05, 3.63) is 59.7 Å². The van der Waals surface area contributed by atoms with Gasteiger partial charge in [-0.15, -0.1) is 0 Å². The molecule has 2 aromatic rings. The van der Waals surface area contributed by atoms with Crippen molar-refractivity contribution in [2.45, 2.75) is 26.7 Å². The van der Waals surface area contributed by atoms with Gasteiger partial charge in [0.2, 0.25) is 0 Å². The SMILES string of the molecule is CCc1ccc[c-]1CC.[Ru].[cH-]1[cH-][cH-][cH-][cH-]1. The Morgan fingerprint density at radius 1 is 1.07 bits per heavy atom. The van der Waals surface area contributed by atoms with Crippen LogP contribution in [0.15, 0.2) is 48.5 Å². The van der Waals surface area contributed by atoms with Crippen molar-refractivity contribution in [2.24, 2.45) is 0 Å². The third kappa shape index (κ3) is 5.09. The first-order chi connectivity index (χ1) is 6.88. The first-order valence-corrected chi connectivity index (χ1v) is 5.28. The second-order valence-corrected chi connectivity index (χ2v) is 3.25. The molecule has 88 valence electrons. The average molecular weight is 287 g/mol. The van der Waals surface area contributed by atoms with Crippen LogP contribution in [0.2, 0.25) is 0 Å². The Morgan fingerprint density at radius 2 is 1.60 bits per heavy atom. The number of hydrogen-bond donors (Lipinski definition) is 0. The molecule has 0 aromatic heterocycles. The Morgan fingerprint density at radius 3 is 1.93 bits per heavy atom. The average Bonchev–Trinajstić information content (AvgIpc) is 2.91. The molecule has 0 aliphatic heterocycles. The third-order valence-corrected chi connectivity index (χ3v) is 2.32. The summed E-state index contributed by atoms with van der Waals surface area (Å²) in [4.78, 5) is 0. The maximum atomic E-state index is 2.21. The molecule has 1 heteroatoms. The Bertz CT molecular complexity index is 281. The zero-order valence-electron chi connectivity index (χ0n) is 9.39. The maximum absolute atomic E-state index is 2.21. The first-order valence-electron chi connectivity index (χ1n) is 5.28. The molecule has 2 rings (SSSR count). The summed E-state index contributed by atoms with van der Waals surface area (Å²) in [6.45, 7) is 4.41. The van der Waals surface area contributed by atoms with Crippen molar-refractivity contribution in [2.75, 3.05) is 0 Å². The van der Waals surface area contributed by atoms with Crippen LogP contribution in [-0.2, 0) is 32.3 Å². The van der Waals surface area contributed by atoms with Gasteiger partial charge in [-0.05, 0) is 0 Å². The summed E-state index contributed by atoms with van der Waals surface area (Å²) in [6.07, 6.45) is 2.35. The van der Waals surface area contributed by atoms with Gasteiger partial charge in [0, 0.05) is 19.5 Å². The van der Waals surface area contributed by atoms with Crippen LogP contribution in [0.4, 0.5) is 0 Å². The Kier molecular flexibility index (Phi) is 8.23. The standard InChI is InChI=1S/C9H13.C5H5.Ru/c1-3-8-6-5-7-9(8)4-2;1-2-4-5-3-1;/h5-7H,3-4H2,1-2H3;1-5H;/q-1;-5;. The largest absolute Gasteiger partial charge is 0.748 e. The second-order valence-electron chi connectivity index (χ2n) is 3.25. The summed E-state index contributed by atoms with van der Waals surface area (Å²) >= 11 is 0. The van der Waals surface area contributed by atoms with Crippen molar-refractivity contribution in [1.29, 1.82) is 0 Å². The van der Waals surface area contributed by atoms with Gasteiger partial charge in [-0.25, -0.2) is 12.1 Å². The van der Waals surface area contributed by atoms with Gasteiger partial charge in [-0.2, -0.15) is 17.2 Å². The monoisotopic (exact) mass is 288 g/mol. The van der Waals surface area contributed by atoms with Gasteiger partial charge in [0.05, 0.1) is 0 Å². The van der Waals surface area contributed by atoms with E-state index in [2.05, 4.69) is 32.0 Å². The molecule has 0 aliphatic carbocycles. The summed E-state index contributed by atoms with van der Waals surface area (Å²) < 4.78 is 0. The molecule has 0 heterocycles. The van der Waals surface area contributed by atoms with E-state index >= 15 is 0 Å². The van der Waals surface area contributed by atoms with E-state index in [1.807, 2.05) is 30.3 Å². The molecular formula is C14H18Ru-6. The van der Waals surface area contributed by atoms with Crippen molar-refractivity contribution in [3.63, 3.8) is 0 Å². The first kappa shape index (κ1) is 14.3. The van der Waals surface area contributed by atoms with E-state index in [0.29, 0.717) is 0 Å². The Hall–Kier alpha value is -0.677. The fourth-order valence-corrected chi connectivity index (χ4v) is 1.51. The van der Waals surface area contributed by atoms with E-state index in [4.69, 9.17) is 0 Å². The fourth-order valence-electron chi connectivity index (χ4n) is 1.51. The molecule has 0 spiro atoms. The van der Waals surface area contributed by atoms with Crippen LogP contribution in [0, 0.1) is 0 Å². The van der Waals surface area contributed by atoms with Gasteiger partial charge in [0.1, 0.15) is 0 Å².